The Balaban J connectivity index is 1.84. The van der Waals surface area contributed by atoms with Gasteiger partial charge in [0, 0.05) is 39.3 Å². The minimum absolute atomic E-state index is 0.167. The molecule has 0 bridgehead atoms. The van der Waals surface area contributed by atoms with Crippen LogP contribution < -0.4 is 10.0 Å². The zero-order valence-corrected chi connectivity index (χ0v) is 11.5. The highest BCUT2D eigenvalue weighted by Crippen LogP contribution is 2.30. The van der Waals surface area contributed by atoms with Crippen molar-refractivity contribution in [1.29, 1.82) is 0 Å². The van der Waals surface area contributed by atoms with Crippen molar-refractivity contribution in [2.75, 3.05) is 39.3 Å². The Bertz CT molecular complexity index is 355. The summed E-state index contributed by atoms with van der Waals surface area (Å²) >= 11 is 0. The number of aliphatic hydroxyl groups is 1. The molecular weight excluding hydrogens is 254 g/mol. The lowest BCUT2D eigenvalue weighted by Gasteiger charge is -2.27. The van der Waals surface area contributed by atoms with Crippen molar-refractivity contribution in [2.24, 2.45) is 11.8 Å². The van der Waals surface area contributed by atoms with Gasteiger partial charge in [0.2, 0.25) is 0 Å². The SMILES string of the molecule is O=S(=O)(NCC1CCCC1CO)N1CCNCC1. The summed E-state index contributed by atoms with van der Waals surface area (Å²) in [5.74, 6) is 0.545. The Kier molecular flexibility index (Phi) is 4.97. The maximum Gasteiger partial charge on any atom is 0.279 e. The second-order valence-corrected chi connectivity index (χ2v) is 6.89. The highest BCUT2D eigenvalue weighted by molar-refractivity contribution is 7.87. The van der Waals surface area contributed by atoms with Crippen LogP contribution in [-0.4, -0.2) is 57.2 Å². The van der Waals surface area contributed by atoms with Crippen LogP contribution in [0.1, 0.15) is 19.3 Å². The zero-order chi connectivity index (χ0) is 13.0. The normalized spacial score (nSPS) is 30.7. The van der Waals surface area contributed by atoms with E-state index in [0.29, 0.717) is 32.7 Å². The van der Waals surface area contributed by atoms with E-state index in [1.807, 2.05) is 0 Å². The van der Waals surface area contributed by atoms with E-state index in [1.54, 1.807) is 0 Å². The molecule has 3 N–H and O–H groups in total. The monoisotopic (exact) mass is 277 g/mol. The van der Waals surface area contributed by atoms with Gasteiger partial charge < -0.3 is 10.4 Å². The summed E-state index contributed by atoms with van der Waals surface area (Å²) in [5.41, 5.74) is 0. The zero-order valence-electron chi connectivity index (χ0n) is 10.6. The van der Waals surface area contributed by atoms with Gasteiger partial charge in [-0.15, -0.1) is 0 Å². The number of piperazine rings is 1. The molecule has 0 spiro atoms. The fraction of sp³-hybridized carbons (Fsp3) is 1.00. The molecule has 6 nitrogen and oxygen atoms in total. The van der Waals surface area contributed by atoms with Gasteiger partial charge in [-0.2, -0.15) is 12.7 Å². The van der Waals surface area contributed by atoms with Gasteiger partial charge in [0.15, 0.2) is 0 Å². The molecule has 2 atom stereocenters. The molecule has 0 aromatic rings. The van der Waals surface area contributed by atoms with E-state index in [9.17, 15) is 13.5 Å². The molecule has 0 amide bonds. The van der Waals surface area contributed by atoms with Gasteiger partial charge in [-0.05, 0) is 24.7 Å². The fourth-order valence-electron chi connectivity index (χ4n) is 2.81. The van der Waals surface area contributed by atoms with Crippen LogP contribution in [0.4, 0.5) is 0 Å². The molecule has 1 heterocycles. The third-order valence-corrected chi connectivity index (χ3v) is 5.57. The van der Waals surface area contributed by atoms with Crippen LogP contribution in [0.15, 0.2) is 0 Å². The average molecular weight is 277 g/mol. The van der Waals surface area contributed by atoms with Gasteiger partial charge >= 0.3 is 0 Å². The molecule has 7 heteroatoms. The molecule has 0 aromatic heterocycles. The van der Waals surface area contributed by atoms with Crippen LogP contribution >= 0.6 is 0 Å². The van der Waals surface area contributed by atoms with Crippen LogP contribution in [0.25, 0.3) is 0 Å². The molecule has 1 aliphatic carbocycles. The molecule has 18 heavy (non-hydrogen) atoms. The largest absolute Gasteiger partial charge is 0.396 e. The molecule has 2 unspecified atom stereocenters. The van der Waals surface area contributed by atoms with Crippen molar-refractivity contribution in [3.63, 3.8) is 0 Å². The highest BCUT2D eigenvalue weighted by Gasteiger charge is 2.29. The summed E-state index contributed by atoms with van der Waals surface area (Å²) in [5, 5.41) is 12.4. The van der Waals surface area contributed by atoms with Crippen molar-refractivity contribution in [3.05, 3.63) is 0 Å². The van der Waals surface area contributed by atoms with Crippen LogP contribution in [0.3, 0.4) is 0 Å². The van der Waals surface area contributed by atoms with Crippen LogP contribution in [0.5, 0.6) is 0 Å². The van der Waals surface area contributed by atoms with Crippen molar-refractivity contribution in [1.82, 2.24) is 14.3 Å². The summed E-state index contributed by atoms with van der Waals surface area (Å²) in [6.45, 7) is 3.11. The summed E-state index contributed by atoms with van der Waals surface area (Å²) in [6.07, 6.45) is 3.11. The average Bonchev–Trinajstić information content (AvgIpc) is 2.85. The van der Waals surface area contributed by atoms with Crippen molar-refractivity contribution < 1.29 is 13.5 Å². The Morgan fingerprint density at radius 1 is 1.22 bits per heavy atom. The van der Waals surface area contributed by atoms with Gasteiger partial charge in [-0.3, -0.25) is 0 Å². The number of nitrogens with zero attached hydrogens (tertiary/aromatic N) is 1. The molecule has 1 saturated heterocycles. The van der Waals surface area contributed by atoms with Gasteiger partial charge in [-0.1, -0.05) is 6.42 Å². The lowest BCUT2D eigenvalue weighted by molar-refractivity contribution is 0.195. The van der Waals surface area contributed by atoms with E-state index >= 15 is 0 Å². The van der Waals surface area contributed by atoms with E-state index in [4.69, 9.17) is 0 Å². The second kappa shape index (κ2) is 6.29. The highest BCUT2D eigenvalue weighted by atomic mass is 32.2. The van der Waals surface area contributed by atoms with Crippen LogP contribution in [0.2, 0.25) is 0 Å². The maximum absolute atomic E-state index is 12.1. The van der Waals surface area contributed by atoms with Gasteiger partial charge in [0.05, 0.1) is 0 Å². The quantitative estimate of drug-likeness (QED) is 0.610. The Morgan fingerprint density at radius 3 is 2.56 bits per heavy atom. The first kappa shape index (κ1) is 14.2. The number of hydrogen-bond donors (Lipinski definition) is 3. The first-order valence-corrected chi connectivity index (χ1v) is 8.14. The van der Waals surface area contributed by atoms with Gasteiger partial charge in [0.1, 0.15) is 0 Å². The molecule has 2 aliphatic rings. The summed E-state index contributed by atoms with van der Waals surface area (Å²) in [4.78, 5) is 0. The van der Waals surface area contributed by atoms with E-state index in [0.717, 1.165) is 19.3 Å². The summed E-state index contributed by atoms with van der Waals surface area (Å²) < 4.78 is 28.3. The molecule has 0 radical (unpaired) electrons. The van der Waals surface area contributed by atoms with E-state index < -0.39 is 10.2 Å². The molecule has 2 rings (SSSR count). The smallest absolute Gasteiger partial charge is 0.279 e. The standard InChI is InChI=1S/C11H23N3O3S/c15-9-11-3-1-2-10(11)8-13-18(16,17)14-6-4-12-5-7-14/h10-13,15H,1-9H2. The molecule has 1 saturated carbocycles. The minimum Gasteiger partial charge on any atom is -0.396 e. The molecule has 1 aliphatic heterocycles. The molecule has 106 valence electrons. The number of nitrogens with one attached hydrogen (secondary N) is 2. The van der Waals surface area contributed by atoms with Crippen molar-refractivity contribution in [3.8, 4) is 0 Å². The lowest BCUT2D eigenvalue weighted by atomic mass is 9.97. The number of hydrogen-bond acceptors (Lipinski definition) is 4. The predicted molar refractivity (Wildman–Crippen MR) is 69.3 cm³/mol. The Labute approximate surface area is 109 Å². The van der Waals surface area contributed by atoms with E-state index in [1.165, 1.54) is 4.31 Å². The van der Waals surface area contributed by atoms with Gasteiger partial charge in [0.25, 0.3) is 10.2 Å². The molecular formula is C11H23N3O3S. The van der Waals surface area contributed by atoms with E-state index in [-0.39, 0.29) is 18.4 Å². The topological polar surface area (TPSA) is 81.7 Å². The summed E-state index contributed by atoms with van der Waals surface area (Å²) in [6, 6.07) is 0. The van der Waals surface area contributed by atoms with Crippen molar-refractivity contribution in [2.45, 2.75) is 19.3 Å². The minimum atomic E-state index is -3.34. The predicted octanol–water partition coefficient (Wildman–Crippen LogP) is -0.865. The third kappa shape index (κ3) is 3.42. The number of aliphatic hydroxyl groups excluding tert-OH is 1. The first-order chi connectivity index (χ1) is 8.63. The van der Waals surface area contributed by atoms with Crippen LogP contribution in [0, 0.1) is 11.8 Å². The fourth-order valence-corrected chi connectivity index (χ4v) is 4.08. The first-order valence-electron chi connectivity index (χ1n) is 6.70. The maximum atomic E-state index is 12.1. The Morgan fingerprint density at radius 2 is 1.89 bits per heavy atom. The molecule has 0 aromatic carbocycles. The Hall–Kier alpha value is -0.210. The van der Waals surface area contributed by atoms with Crippen LogP contribution in [-0.2, 0) is 10.2 Å². The molecule has 2 fully saturated rings. The van der Waals surface area contributed by atoms with Gasteiger partial charge in [-0.25, -0.2) is 4.72 Å². The second-order valence-electron chi connectivity index (χ2n) is 5.14. The van der Waals surface area contributed by atoms with E-state index in [2.05, 4.69) is 10.0 Å². The third-order valence-electron chi connectivity index (χ3n) is 3.99. The van der Waals surface area contributed by atoms with Crippen molar-refractivity contribution >= 4 is 10.2 Å². The lowest BCUT2D eigenvalue weighted by Crippen LogP contribution is -2.51. The number of rotatable bonds is 5. The summed E-state index contributed by atoms with van der Waals surface area (Å²) in [7, 11) is -3.34.